The van der Waals surface area contributed by atoms with Crippen molar-refractivity contribution >= 4 is 28.9 Å². The molecule has 0 atom stereocenters. The number of hydrogen-bond acceptors (Lipinski definition) is 8. The van der Waals surface area contributed by atoms with E-state index in [1.54, 1.807) is 18.2 Å². The van der Waals surface area contributed by atoms with E-state index in [-0.39, 0.29) is 28.0 Å². The molecule has 2 aromatic carbocycles. The van der Waals surface area contributed by atoms with Crippen LogP contribution in [0.1, 0.15) is 24.2 Å². The lowest BCUT2D eigenvalue weighted by atomic mass is 10.2. The zero-order valence-corrected chi connectivity index (χ0v) is 14.9. The normalized spacial score (nSPS) is 10.4. The van der Waals surface area contributed by atoms with Crippen molar-refractivity contribution in [3.05, 3.63) is 64.5 Å². The second-order valence-corrected chi connectivity index (χ2v) is 5.62. The molecule has 3 rings (SSSR count). The SMILES string of the molecule is CC(=O)Oc1c(OC(=O)c2ccccc2)c(=O)oc2c(OC(C)=O)cccc12. The van der Waals surface area contributed by atoms with E-state index in [0.29, 0.717) is 0 Å². The van der Waals surface area contributed by atoms with E-state index < -0.39 is 29.3 Å². The topological polar surface area (TPSA) is 109 Å². The number of carbonyl (C=O) groups excluding carboxylic acids is 3. The maximum atomic E-state index is 12.5. The van der Waals surface area contributed by atoms with Gasteiger partial charge in [0.2, 0.25) is 0 Å². The Bertz CT molecular complexity index is 1130. The van der Waals surface area contributed by atoms with Gasteiger partial charge in [0.1, 0.15) is 0 Å². The summed E-state index contributed by atoms with van der Waals surface area (Å²) < 4.78 is 20.5. The van der Waals surface area contributed by atoms with Gasteiger partial charge in [0.15, 0.2) is 17.1 Å². The van der Waals surface area contributed by atoms with Crippen molar-refractivity contribution in [1.82, 2.24) is 0 Å². The van der Waals surface area contributed by atoms with Crippen LogP contribution in [0.25, 0.3) is 11.0 Å². The van der Waals surface area contributed by atoms with Crippen LogP contribution in [0.4, 0.5) is 0 Å². The van der Waals surface area contributed by atoms with Crippen LogP contribution in [-0.2, 0) is 9.59 Å². The number of para-hydroxylation sites is 1. The largest absolute Gasteiger partial charge is 0.423 e. The summed E-state index contributed by atoms with van der Waals surface area (Å²) in [5.41, 5.74) is -1.02. The van der Waals surface area contributed by atoms with Gasteiger partial charge in [-0.2, -0.15) is 0 Å². The van der Waals surface area contributed by atoms with Crippen LogP contribution in [0.15, 0.2) is 57.7 Å². The van der Waals surface area contributed by atoms with Crippen molar-refractivity contribution in [2.24, 2.45) is 0 Å². The van der Waals surface area contributed by atoms with Crippen LogP contribution >= 0.6 is 0 Å². The average Bonchev–Trinajstić information content (AvgIpc) is 2.65. The van der Waals surface area contributed by atoms with Gasteiger partial charge in [-0.3, -0.25) is 9.59 Å². The number of hydrogen-bond donors (Lipinski definition) is 0. The van der Waals surface area contributed by atoms with E-state index in [1.165, 1.54) is 37.3 Å². The third-order valence-electron chi connectivity index (χ3n) is 3.51. The molecule has 3 aromatic rings. The fourth-order valence-electron chi connectivity index (χ4n) is 2.45. The number of fused-ring (bicyclic) bond motifs is 1. The highest BCUT2D eigenvalue weighted by molar-refractivity contribution is 5.95. The van der Waals surface area contributed by atoms with Crippen molar-refractivity contribution in [1.29, 1.82) is 0 Å². The van der Waals surface area contributed by atoms with Crippen molar-refractivity contribution < 1.29 is 33.0 Å². The summed E-state index contributed by atoms with van der Waals surface area (Å²) in [7, 11) is 0. The van der Waals surface area contributed by atoms with E-state index in [0.717, 1.165) is 6.92 Å². The lowest BCUT2D eigenvalue weighted by Gasteiger charge is -2.12. The van der Waals surface area contributed by atoms with Crippen LogP contribution < -0.4 is 19.8 Å². The van der Waals surface area contributed by atoms with Gasteiger partial charge in [-0.05, 0) is 24.3 Å². The summed E-state index contributed by atoms with van der Waals surface area (Å²) in [5, 5.41) is 0.115. The molecule has 0 spiro atoms. The Morgan fingerprint density at radius 3 is 2.11 bits per heavy atom. The van der Waals surface area contributed by atoms with Gasteiger partial charge in [-0.25, -0.2) is 9.59 Å². The molecule has 0 N–H and O–H groups in total. The Balaban J connectivity index is 2.17. The number of ether oxygens (including phenoxy) is 3. The van der Waals surface area contributed by atoms with Crippen LogP contribution in [0.2, 0.25) is 0 Å². The number of carbonyl (C=O) groups is 3. The van der Waals surface area contributed by atoms with Crippen molar-refractivity contribution in [2.45, 2.75) is 13.8 Å². The maximum absolute atomic E-state index is 12.5. The minimum atomic E-state index is -1.08. The van der Waals surface area contributed by atoms with Crippen LogP contribution in [0, 0.1) is 0 Å². The molecule has 8 nitrogen and oxygen atoms in total. The Labute approximate surface area is 158 Å². The molecule has 0 saturated carbocycles. The fraction of sp³-hybridized carbons (Fsp3) is 0.100. The van der Waals surface area contributed by atoms with E-state index in [4.69, 9.17) is 18.6 Å². The highest BCUT2D eigenvalue weighted by atomic mass is 16.6. The Hall–Kier alpha value is -3.94. The third kappa shape index (κ3) is 3.90. The highest BCUT2D eigenvalue weighted by Crippen LogP contribution is 2.37. The molecular formula is C20H14O8. The summed E-state index contributed by atoms with van der Waals surface area (Å²) >= 11 is 0. The zero-order valence-electron chi connectivity index (χ0n) is 14.9. The molecule has 1 aromatic heterocycles. The molecule has 0 bridgehead atoms. The second kappa shape index (κ2) is 7.75. The molecule has 1 heterocycles. The highest BCUT2D eigenvalue weighted by Gasteiger charge is 2.24. The molecule has 0 aliphatic rings. The number of rotatable bonds is 4. The van der Waals surface area contributed by atoms with Crippen molar-refractivity contribution in [2.75, 3.05) is 0 Å². The zero-order chi connectivity index (χ0) is 20.3. The van der Waals surface area contributed by atoms with Crippen molar-refractivity contribution in [3.63, 3.8) is 0 Å². The molecule has 0 aliphatic heterocycles. The lowest BCUT2D eigenvalue weighted by molar-refractivity contribution is -0.132. The predicted molar refractivity (Wildman–Crippen MR) is 96.5 cm³/mol. The van der Waals surface area contributed by atoms with E-state index >= 15 is 0 Å². The maximum Gasteiger partial charge on any atom is 0.383 e. The third-order valence-corrected chi connectivity index (χ3v) is 3.51. The molecule has 0 saturated heterocycles. The fourth-order valence-corrected chi connectivity index (χ4v) is 2.45. The molecule has 28 heavy (non-hydrogen) atoms. The minimum absolute atomic E-state index is 0.0450. The van der Waals surface area contributed by atoms with Gasteiger partial charge in [-0.15, -0.1) is 0 Å². The molecule has 0 unspecified atom stereocenters. The van der Waals surface area contributed by atoms with Gasteiger partial charge in [-0.1, -0.05) is 24.3 Å². The molecule has 8 heteroatoms. The molecule has 0 fully saturated rings. The number of benzene rings is 2. The summed E-state index contributed by atoms with van der Waals surface area (Å²) in [6, 6.07) is 12.3. The first-order chi connectivity index (χ1) is 13.4. The van der Waals surface area contributed by atoms with Crippen LogP contribution in [-0.4, -0.2) is 17.9 Å². The first-order valence-corrected chi connectivity index (χ1v) is 8.10. The monoisotopic (exact) mass is 382 g/mol. The molecule has 0 radical (unpaired) electrons. The summed E-state index contributed by atoms with van der Waals surface area (Å²) in [6.45, 7) is 2.30. The smallest absolute Gasteiger partial charge is 0.383 e. The standard InChI is InChI=1S/C20H14O8/c1-11(21)25-15-10-6-9-14-16(15)27-20(24)18(17(14)26-12(2)22)28-19(23)13-7-4-3-5-8-13/h3-10H,1-2H3. The van der Waals surface area contributed by atoms with Crippen molar-refractivity contribution in [3.8, 4) is 17.2 Å². The molecule has 142 valence electrons. The molecule has 0 aliphatic carbocycles. The molecule has 0 amide bonds. The van der Waals surface area contributed by atoms with Gasteiger partial charge < -0.3 is 18.6 Å². The van der Waals surface area contributed by atoms with Crippen LogP contribution in [0.3, 0.4) is 0 Å². The van der Waals surface area contributed by atoms with Gasteiger partial charge >= 0.3 is 23.5 Å². The Morgan fingerprint density at radius 2 is 1.46 bits per heavy atom. The predicted octanol–water partition coefficient (Wildman–Crippen LogP) is 2.86. The molecular weight excluding hydrogens is 368 g/mol. The number of esters is 3. The van der Waals surface area contributed by atoms with E-state index in [1.807, 2.05) is 0 Å². The summed E-state index contributed by atoms with van der Waals surface area (Å²) in [5.74, 6) is -3.16. The van der Waals surface area contributed by atoms with Crippen LogP contribution in [0.5, 0.6) is 17.2 Å². The van der Waals surface area contributed by atoms with E-state index in [9.17, 15) is 19.2 Å². The van der Waals surface area contributed by atoms with E-state index in [2.05, 4.69) is 0 Å². The Kier molecular flexibility index (Phi) is 5.21. The first-order valence-electron chi connectivity index (χ1n) is 8.10. The van der Waals surface area contributed by atoms with Gasteiger partial charge in [0.05, 0.1) is 10.9 Å². The Morgan fingerprint density at radius 1 is 0.786 bits per heavy atom. The summed E-state index contributed by atoms with van der Waals surface area (Å²) in [4.78, 5) is 47.6. The first kappa shape index (κ1) is 18.8. The minimum Gasteiger partial charge on any atom is -0.423 e. The van der Waals surface area contributed by atoms with Gasteiger partial charge in [0, 0.05) is 13.8 Å². The average molecular weight is 382 g/mol. The second-order valence-electron chi connectivity index (χ2n) is 5.62. The van der Waals surface area contributed by atoms with Gasteiger partial charge in [0.25, 0.3) is 5.75 Å². The lowest BCUT2D eigenvalue weighted by Crippen LogP contribution is -2.17. The quantitative estimate of drug-likeness (QED) is 0.385. The summed E-state index contributed by atoms with van der Waals surface area (Å²) in [6.07, 6.45) is 0.